The van der Waals surface area contributed by atoms with E-state index < -0.39 is 66.0 Å². The number of alkyl halides is 3. The van der Waals surface area contributed by atoms with Gasteiger partial charge in [0, 0.05) is 18.7 Å². The van der Waals surface area contributed by atoms with Gasteiger partial charge in [0.15, 0.2) is 17.5 Å². The standard InChI is InChI=1S/C13H9F6NO3/c14-8-1-5(2-9(15)10(8)16)11(21)20-3-6(12(22)23)7(4-20)13(17,18)19/h1-2,6-7H,3-4H2,(H,22,23)/t6-,7-/m1/s1. The van der Waals surface area contributed by atoms with E-state index in [1.807, 2.05) is 0 Å². The second kappa shape index (κ2) is 5.74. The van der Waals surface area contributed by atoms with Crippen molar-refractivity contribution in [1.29, 1.82) is 0 Å². The Morgan fingerprint density at radius 2 is 1.61 bits per heavy atom. The number of carbonyl (C=O) groups is 2. The molecule has 2 rings (SSSR count). The Morgan fingerprint density at radius 3 is 2.00 bits per heavy atom. The van der Waals surface area contributed by atoms with Crippen LogP contribution in [0.4, 0.5) is 26.3 Å². The van der Waals surface area contributed by atoms with Crippen molar-refractivity contribution in [3.05, 3.63) is 35.1 Å². The summed E-state index contributed by atoms with van der Waals surface area (Å²) in [7, 11) is 0. The average molecular weight is 341 g/mol. The first-order valence-electron chi connectivity index (χ1n) is 6.25. The minimum absolute atomic E-state index is 0.345. The van der Waals surface area contributed by atoms with Crippen LogP contribution in [0.25, 0.3) is 0 Å². The van der Waals surface area contributed by atoms with E-state index in [4.69, 9.17) is 5.11 Å². The Kier molecular flexibility index (Phi) is 4.27. The van der Waals surface area contributed by atoms with Gasteiger partial charge in [-0.05, 0) is 12.1 Å². The number of rotatable bonds is 2. The molecule has 1 fully saturated rings. The summed E-state index contributed by atoms with van der Waals surface area (Å²) in [6.45, 7) is -1.72. The lowest BCUT2D eigenvalue weighted by Crippen LogP contribution is -2.34. The lowest BCUT2D eigenvalue weighted by atomic mass is 9.96. The molecule has 1 saturated heterocycles. The lowest BCUT2D eigenvalue weighted by Gasteiger charge is -2.18. The number of carboxylic acid groups (broad SMARTS) is 1. The molecule has 0 aromatic heterocycles. The molecule has 1 aromatic rings. The summed E-state index contributed by atoms with van der Waals surface area (Å²) in [6.07, 6.45) is -4.85. The summed E-state index contributed by atoms with van der Waals surface area (Å²) in [5, 5.41) is 8.83. The van der Waals surface area contributed by atoms with Crippen molar-refractivity contribution >= 4 is 11.9 Å². The van der Waals surface area contributed by atoms with E-state index in [1.54, 1.807) is 0 Å². The van der Waals surface area contributed by atoms with Crippen molar-refractivity contribution in [1.82, 2.24) is 4.90 Å². The molecule has 23 heavy (non-hydrogen) atoms. The molecule has 1 amide bonds. The van der Waals surface area contributed by atoms with E-state index in [-0.39, 0.29) is 0 Å². The molecule has 0 bridgehead atoms. The van der Waals surface area contributed by atoms with E-state index in [0.717, 1.165) is 0 Å². The second-order valence-electron chi connectivity index (χ2n) is 5.06. The third-order valence-electron chi connectivity index (χ3n) is 3.58. The molecule has 10 heteroatoms. The average Bonchev–Trinajstić information content (AvgIpc) is 2.88. The summed E-state index contributed by atoms with van der Waals surface area (Å²) in [6, 6.07) is 0.689. The van der Waals surface area contributed by atoms with Crippen LogP contribution in [0.5, 0.6) is 0 Å². The number of hydrogen-bond acceptors (Lipinski definition) is 2. The van der Waals surface area contributed by atoms with Crippen LogP contribution in [0.1, 0.15) is 10.4 Å². The van der Waals surface area contributed by atoms with Crippen LogP contribution in [0.2, 0.25) is 0 Å². The molecule has 2 atom stereocenters. The fourth-order valence-corrected chi connectivity index (χ4v) is 2.41. The van der Waals surface area contributed by atoms with E-state index in [2.05, 4.69) is 0 Å². The summed E-state index contributed by atoms with van der Waals surface area (Å²) >= 11 is 0. The Hall–Kier alpha value is -2.26. The van der Waals surface area contributed by atoms with Gasteiger partial charge in [-0.25, -0.2) is 13.2 Å². The van der Waals surface area contributed by atoms with Gasteiger partial charge in [0.25, 0.3) is 5.91 Å². The molecule has 1 aliphatic rings. The van der Waals surface area contributed by atoms with Crippen molar-refractivity contribution in [3.8, 4) is 0 Å². The summed E-state index contributed by atoms with van der Waals surface area (Å²) in [5.74, 6) is -12.3. The highest BCUT2D eigenvalue weighted by molar-refractivity contribution is 5.95. The molecule has 1 N–H and O–H groups in total. The summed E-state index contributed by atoms with van der Waals surface area (Å²) < 4.78 is 77.5. The Balaban J connectivity index is 2.29. The maximum atomic E-state index is 13.1. The molecule has 0 aliphatic carbocycles. The number of aliphatic carboxylic acids is 1. The van der Waals surface area contributed by atoms with Gasteiger partial charge in [0.2, 0.25) is 0 Å². The number of likely N-dealkylation sites (tertiary alicyclic amines) is 1. The number of nitrogens with zero attached hydrogens (tertiary/aromatic N) is 1. The van der Waals surface area contributed by atoms with Crippen molar-refractivity contribution < 1.29 is 41.0 Å². The number of hydrogen-bond donors (Lipinski definition) is 1. The number of carboxylic acids is 1. The zero-order chi connectivity index (χ0) is 17.5. The van der Waals surface area contributed by atoms with Crippen molar-refractivity contribution in [2.24, 2.45) is 11.8 Å². The first-order chi connectivity index (χ1) is 10.5. The van der Waals surface area contributed by atoms with Gasteiger partial charge in [0.05, 0.1) is 11.8 Å². The van der Waals surface area contributed by atoms with E-state index in [9.17, 15) is 35.9 Å². The smallest absolute Gasteiger partial charge is 0.394 e. The lowest BCUT2D eigenvalue weighted by molar-refractivity contribution is -0.187. The molecular formula is C13H9F6NO3. The quantitative estimate of drug-likeness (QED) is 0.664. The minimum Gasteiger partial charge on any atom is -0.481 e. The second-order valence-corrected chi connectivity index (χ2v) is 5.06. The van der Waals surface area contributed by atoms with Crippen LogP contribution in [-0.4, -0.2) is 41.1 Å². The third kappa shape index (κ3) is 3.25. The van der Waals surface area contributed by atoms with E-state index in [1.165, 1.54) is 0 Å². The summed E-state index contributed by atoms with van der Waals surface area (Å²) in [5.41, 5.74) is -0.701. The van der Waals surface area contributed by atoms with Crippen molar-refractivity contribution in [2.75, 3.05) is 13.1 Å². The highest BCUT2D eigenvalue weighted by Crippen LogP contribution is 2.38. The van der Waals surface area contributed by atoms with Gasteiger partial charge in [-0.2, -0.15) is 13.2 Å². The third-order valence-corrected chi connectivity index (χ3v) is 3.58. The van der Waals surface area contributed by atoms with Crippen LogP contribution in [-0.2, 0) is 4.79 Å². The summed E-state index contributed by atoms with van der Waals surface area (Å²) in [4.78, 5) is 23.5. The van der Waals surface area contributed by atoms with Crippen LogP contribution in [0.15, 0.2) is 12.1 Å². The molecule has 1 aromatic carbocycles. The molecule has 0 radical (unpaired) electrons. The first-order valence-corrected chi connectivity index (χ1v) is 6.25. The number of benzene rings is 1. The fraction of sp³-hybridized carbons (Fsp3) is 0.385. The van der Waals surface area contributed by atoms with Gasteiger partial charge >= 0.3 is 12.1 Å². The predicted octanol–water partition coefficient (Wildman–Crippen LogP) is 2.44. The Labute approximate surface area is 125 Å². The van der Waals surface area contributed by atoms with Crippen molar-refractivity contribution in [2.45, 2.75) is 6.18 Å². The maximum absolute atomic E-state index is 13.1. The zero-order valence-corrected chi connectivity index (χ0v) is 11.2. The normalized spacial score (nSPS) is 21.6. The minimum atomic E-state index is -4.85. The molecule has 0 unspecified atom stereocenters. The number of carbonyl (C=O) groups excluding carboxylic acids is 1. The van der Waals surface area contributed by atoms with E-state index in [0.29, 0.717) is 17.0 Å². The molecule has 4 nitrogen and oxygen atoms in total. The Bertz CT molecular complexity index is 637. The molecular weight excluding hydrogens is 332 g/mol. The highest BCUT2D eigenvalue weighted by atomic mass is 19.4. The van der Waals surface area contributed by atoms with E-state index >= 15 is 0 Å². The fourth-order valence-electron chi connectivity index (χ4n) is 2.41. The van der Waals surface area contributed by atoms with Gasteiger partial charge in [-0.3, -0.25) is 9.59 Å². The zero-order valence-electron chi connectivity index (χ0n) is 11.2. The van der Waals surface area contributed by atoms with Gasteiger partial charge in [-0.15, -0.1) is 0 Å². The SMILES string of the molecule is O=C(O)[C@@H]1CN(C(=O)c2cc(F)c(F)c(F)c2)C[C@H]1C(F)(F)F. The largest absolute Gasteiger partial charge is 0.481 e. The first kappa shape index (κ1) is 17.1. The topological polar surface area (TPSA) is 57.6 Å². The van der Waals surface area contributed by atoms with Crippen LogP contribution >= 0.6 is 0 Å². The van der Waals surface area contributed by atoms with Gasteiger partial charge < -0.3 is 10.0 Å². The van der Waals surface area contributed by atoms with Crippen LogP contribution in [0, 0.1) is 29.3 Å². The predicted molar refractivity (Wildman–Crippen MR) is 62.9 cm³/mol. The van der Waals surface area contributed by atoms with Gasteiger partial charge in [0.1, 0.15) is 0 Å². The van der Waals surface area contributed by atoms with Crippen LogP contribution in [0.3, 0.4) is 0 Å². The Morgan fingerprint density at radius 1 is 1.09 bits per heavy atom. The van der Waals surface area contributed by atoms with Gasteiger partial charge in [-0.1, -0.05) is 0 Å². The maximum Gasteiger partial charge on any atom is 0.394 e. The molecule has 0 spiro atoms. The molecule has 1 heterocycles. The number of halogens is 6. The molecule has 126 valence electrons. The highest BCUT2D eigenvalue weighted by Gasteiger charge is 2.53. The van der Waals surface area contributed by atoms with Crippen molar-refractivity contribution in [3.63, 3.8) is 0 Å². The molecule has 1 aliphatic heterocycles. The number of amides is 1. The molecule has 0 saturated carbocycles. The van der Waals surface area contributed by atoms with Crippen LogP contribution < -0.4 is 0 Å². The monoisotopic (exact) mass is 341 g/mol.